The molecule has 0 saturated heterocycles. The smallest absolute Gasteiger partial charge is 0.485 e. The topological polar surface area (TPSA) is 142 Å². The second kappa shape index (κ2) is 18.9. The summed E-state index contributed by atoms with van der Waals surface area (Å²) in [6, 6.07) is 57.2. The monoisotopic (exact) mass is 765 g/mol. The van der Waals surface area contributed by atoms with Crippen LogP contribution in [0.2, 0.25) is 0 Å². The van der Waals surface area contributed by atoms with Gasteiger partial charge in [0, 0.05) is 13.5 Å². The van der Waals surface area contributed by atoms with Gasteiger partial charge in [0.1, 0.15) is 18.2 Å². The van der Waals surface area contributed by atoms with Gasteiger partial charge in [-0.15, -0.1) is 5.10 Å². The Morgan fingerprint density at radius 2 is 1.20 bits per heavy atom. The van der Waals surface area contributed by atoms with Crippen molar-refractivity contribution in [2.75, 3.05) is 0 Å². The van der Waals surface area contributed by atoms with E-state index in [9.17, 15) is 4.79 Å². The molecule has 1 aromatic heterocycles. The molecule has 0 aliphatic carbocycles. The zero-order valence-electron chi connectivity index (χ0n) is 31.1. The molecular weight excluding hydrogens is 721 g/mol. The van der Waals surface area contributed by atoms with Gasteiger partial charge < -0.3 is 14.9 Å². The lowest BCUT2D eigenvalue weighted by atomic mass is 9.77. The lowest BCUT2D eigenvalue weighted by Crippen LogP contribution is -2.41. The maximum absolute atomic E-state index is 13.0. The third-order valence-electron chi connectivity index (χ3n) is 9.47. The molecule has 0 radical (unpaired) electrons. The van der Waals surface area contributed by atoms with Crippen molar-refractivity contribution in [3.63, 3.8) is 0 Å². The summed E-state index contributed by atoms with van der Waals surface area (Å²) in [4.78, 5) is 28.6. The molecule has 0 bridgehead atoms. The molecule has 0 amide bonds. The van der Waals surface area contributed by atoms with Crippen molar-refractivity contribution >= 4 is 14.2 Å². The summed E-state index contributed by atoms with van der Waals surface area (Å²) in [6.07, 6.45) is 0. The number of aromatic nitrogens is 4. The molecule has 0 spiro atoms. The SMILES string of the molecule is CC(C)[C@H](NCc1ccc(-c2ccccc2-c2nnnn2C(c2ccccc2)(c2ccccc2)c2ccccc2)cc1)C(=O)OCc1ccccc1.O=[P+]([O-])O.[HH]. The van der Waals surface area contributed by atoms with Gasteiger partial charge in [0.2, 0.25) is 0 Å². The van der Waals surface area contributed by atoms with E-state index in [2.05, 4.69) is 120 Å². The van der Waals surface area contributed by atoms with Crippen molar-refractivity contribution in [1.82, 2.24) is 25.5 Å². The Bertz CT molecular complexity index is 2210. The van der Waals surface area contributed by atoms with Crippen LogP contribution in [0, 0.1) is 5.92 Å². The van der Waals surface area contributed by atoms with Crippen LogP contribution in [-0.2, 0) is 32.8 Å². The van der Waals surface area contributed by atoms with E-state index < -0.39 is 19.8 Å². The molecule has 284 valence electrons. The number of esters is 1. The normalized spacial score (nSPS) is 12.0. The highest BCUT2D eigenvalue weighted by Crippen LogP contribution is 2.43. The van der Waals surface area contributed by atoms with Crippen LogP contribution in [0.3, 0.4) is 0 Å². The van der Waals surface area contributed by atoms with Crippen molar-refractivity contribution in [3.8, 4) is 22.5 Å². The molecule has 6 aromatic carbocycles. The van der Waals surface area contributed by atoms with Crippen LogP contribution < -0.4 is 10.2 Å². The number of carbonyl (C=O) groups is 1. The van der Waals surface area contributed by atoms with Gasteiger partial charge in [0.15, 0.2) is 5.82 Å². The zero-order chi connectivity index (χ0) is 39.3. The first-order valence-electron chi connectivity index (χ1n) is 18.2. The van der Waals surface area contributed by atoms with Crippen LogP contribution in [0.5, 0.6) is 0 Å². The summed E-state index contributed by atoms with van der Waals surface area (Å²) in [7, 11) is -3.12. The maximum atomic E-state index is 13.0. The fourth-order valence-corrected chi connectivity index (χ4v) is 6.86. The Morgan fingerprint density at radius 1 is 0.732 bits per heavy atom. The number of nitrogens with zero attached hydrogens (tertiary/aromatic N) is 4. The predicted octanol–water partition coefficient (Wildman–Crippen LogP) is 7.95. The molecule has 7 aromatic rings. The Hall–Kier alpha value is -6.16. The van der Waals surface area contributed by atoms with E-state index in [0.717, 1.165) is 44.5 Å². The van der Waals surface area contributed by atoms with Crippen LogP contribution in [0.15, 0.2) is 170 Å². The van der Waals surface area contributed by atoms with Gasteiger partial charge in [-0.25, -0.2) is 4.68 Å². The Labute approximate surface area is 328 Å². The number of benzene rings is 6. The molecule has 0 aliphatic rings. The molecule has 7 rings (SSSR count). The van der Waals surface area contributed by atoms with Gasteiger partial charge in [-0.2, -0.15) is 4.89 Å². The number of hydrogen-bond acceptors (Lipinski definition) is 8. The van der Waals surface area contributed by atoms with E-state index in [-0.39, 0.29) is 19.9 Å². The summed E-state index contributed by atoms with van der Waals surface area (Å²) in [5.41, 5.74) is 7.23. The van der Waals surface area contributed by atoms with Gasteiger partial charge >= 0.3 is 14.2 Å². The largest absolute Gasteiger partial charge is 0.567 e. The van der Waals surface area contributed by atoms with Crippen molar-refractivity contribution in [3.05, 3.63) is 198 Å². The number of hydrogen-bond donors (Lipinski definition) is 2. The quantitative estimate of drug-likeness (QED) is 0.0680. The molecular formula is C45H44N5O5P. The van der Waals surface area contributed by atoms with E-state index in [1.165, 1.54) is 0 Å². The molecule has 0 fully saturated rings. The summed E-state index contributed by atoms with van der Waals surface area (Å²) < 4.78 is 16.2. The number of nitrogens with one attached hydrogen (secondary N) is 1. The second-order valence-corrected chi connectivity index (χ2v) is 13.9. The third-order valence-corrected chi connectivity index (χ3v) is 9.47. The predicted molar refractivity (Wildman–Crippen MR) is 217 cm³/mol. The van der Waals surface area contributed by atoms with E-state index >= 15 is 0 Å². The minimum absolute atomic E-state index is 0. The Morgan fingerprint density at radius 3 is 1.70 bits per heavy atom. The molecule has 0 aliphatic heterocycles. The standard InChI is InChI=1S/C45H41N5O2.HO3P.H2/c1-33(2)42(44(51)52-32-35-17-7-3-8-18-35)46-31-34-27-29-36(30-28-34)40-25-15-16-26-41(40)43-47-48-49-50(43)45(37-19-9-4-10-20-37,38-21-11-5-12-22-38)39-23-13-6-14-24-39;1-4(2)3;/h3-30,33,42,46H,31-32H2,1-2H3;(H,1,2,3);1H/t42-;;/m0../s1. The number of rotatable bonds is 13. The Kier molecular flexibility index (Phi) is 13.4. The summed E-state index contributed by atoms with van der Waals surface area (Å²) in [5.74, 6) is 0.460. The number of carbonyl (C=O) groups excluding carboxylic acids is 1. The van der Waals surface area contributed by atoms with Gasteiger partial charge in [-0.05, 0) is 59.9 Å². The zero-order valence-corrected chi connectivity index (χ0v) is 31.9. The van der Waals surface area contributed by atoms with Crippen molar-refractivity contribution in [1.29, 1.82) is 0 Å². The van der Waals surface area contributed by atoms with Crippen LogP contribution in [0.25, 0.3) is 22.5 Å². The summed E-state index contributed by atoms with van der Waals surface area (Å²) in [6.45, 7) is 4.83. The van der Waals surface area contributed by atoms with Gasteiger partial charge in [0.25, 0.3) is 0 Å². The average Bonchev–Trinajstić information content (AvgIpc) is 3.72. The molecule has 10 nitrogen and oxygen atoms in total. The van der Waals surface area contributed by atoms with Crippen LogP contribution in [-0.4, -0.2) is 37.1 Å². The summed E-state index contributed by atoms with van der Waals surface area (Å²) in [5, 5.41) is 17.2. The van der Waals surface area contributed by atoms with Crippen LogP contribution >= 0.6 is 8.25 Å². The van der Waals surface area contributed by atoms with E-state index in [4.69, 9.17) is 29.4 Å². The molecule has 1 unspecified atom stereocenters. The van der Waals surface area contributed by atoms with Crippen molar-refractivity contribution < 1.29 is 25.3 Å². The maximum Gasteiger partial charge on any atom is 0.485 e. The first-order chi connectivity index (χ1) is 27.3. The highest BCUT2D eigenvalue weighted by Gasteiger charge is 2.42. The molecule has 2 atom stereocenters. The van der Waals surface area contributed by atoms with E-state index in [1.54, 1.807) is 0 Å². The van der Waals surface area contributed by atoms with E-state index in [1.807, 2.05) is 79.2 Å². The second-order valence-electron chi connectivity index (χ2n) is 13.4. The number of tetrazole rings is 1. The van der Waals surface area contributed by atoms with Gasteiger partial charge in [-0.1, -0.05) is 184 Å². The third kappa shape index (κ3) is 9.20. The molecule has 1 heterocycles. The lowest BCUT2D eigenvalue weighted by molar-refractivity contribution is -0.180. The van der Waals surface area contributed by atoms with Gasteiger partial charge in [-0.3, -0.25) is 4.79 Å². The Balaban J connectivity index is 0.00000119. The minimum atomic E-state index is -3.12. The fourth-order valence-electron chi connectivity index (χ4n) is 6.86. The molecule has 0 saturated carbocycles. The van der Waals surface area contributed by atoms with E-state index in [0.29, 0.717) is 12.4 Å². The van der Waals surface area contributed by atoms with Gasteiger partial charge in [0.05, 0.1) is 0 Å². The highest BCUT2D eigenvalue weighted by molar-refractivity contribution is 7.29. The van der Waals surface area contributed by atoms with Crippen molar-refractivity contribution in [2.45, 2.75) is 38.6 Å². The number of ether oxygens (including phenoxy) is 1. The lowest BCUT2D eigenvalue weighted by Gasteiger charge is -2.36. The molecule has 56 heavy (non-hydrogen) atoms. The van der Waals surface area contributed by atoms with Crippen LogP contribution in [0.1, 0.15) is 43.1 Å². The van der Waals surface area contributed by atoms with Crippen molar-refractivity contribution in [2.24, 2.45) is 5.92 Å². The fraction of sp³-hybridized carbons (Fsp3) is 0.156. The first-order valence-corrected chi connectivity index (χ1v) is 19.3. The average molecular weight is 766 g/mol. The highest BCUT2D eigenvalue weighted by atomic mass is 31.1. The first kappa shape index (κ1) is 39.5. The summed E-state index contributed by atoms with van der Waals surface area (Å²) >= 11 is 0. The van der Waals surface area contributed by atoms with Crippen LogP contribution in [0.4, 0.5) is 0 Å². The molecule has 11 heteroatoms. The molecule has 2 N–H and O–H groups in total. The minimum Gasteiger partial charge on any atom is -0.567 e.